The molecule has 0 bridgehead atoms. The highest BCUT2D eigenvalue weighted by atomic mass is 16.5. The van der Waals surface area contributed by atoms with Crippen LogP contribution in [0, 0.1) is 5.41 Å². The molecule has 0 spiro atoms. The summed E-state index contributed by atoms with van der Waals surface area (Å²) >= 11 is 0. The van der Waals surface area contributed by atoms with Crippen LogP contribution >= 0.6 is 0 Å². The fraction of sp³-hybridized carbons (Fsp3) is 0.462. The first-order valence-electron chi connectivity index (χ1n) is 11.9. The topological polar surface area (TPSA) is 103 Å². The third kappa shape index (κ3) is 5.55. The van der Waals surface area contributed by atoms with Gasteiger partial charge in [-0.2, -0.15) is 0 Å². The highest BCUT2D eigenvalue weighted by Gasteiger charge is 2.31. The molecule has 2 atom stereocenters. The first-order valence-corrected chi connectivity index (χ1v) is 11.9. The molecule has 2 amide bonds. The normalized spacial score (nSPS) is 18.6. The Bertz CT molecular complexity index is 1220. The van der Waals surface area contributed by atoms with E-state index in [1.807, 2.05) is 56.1 Å². The quantitative estimate of drug-likeness (QED) is 0.565. The highest BCUT2D eigenvalue weighted by Crippen LogP contribution is 2.30. The van der Waals surface area contributed by atoms with Crippen LogP contribution in [0.5, 0.6) is 0 Å². The summed E-state index contributed by atoms with van der Waals surface area (Å²) < 4.78 is 5.31. The lowest BCUT2D eigenvalue weighted by Crippen LogP contribution is -2.58. The number of aromatic nitrogens is 3. The Labute approximate surface area is 205 Å². The summed E-state index contributed by atoms with van der Waals surface area (Å²) in [5, 5.41) is 3.62. The second-order valence-electron chi connectivity index (χ2n) is 10.5. The van der Waals surface area contributed by atoms with Gasteiger partial charge in [0.2, 0.25) is 5.91 Å². The molecule has 9 heteroatoms. The number of carbonyl (C=O) groups excluding carboxylic acids is 2. The number of pyridine rings is 2. The van der Waals surface area contributed by atoms with Gasteiger partial charge < -0.3 is 19.5 Å². The summed E-state index contributed by atoms with van der Waals surface area (Å²) in [4.78, 5) is 41.0. The fourth-order valence-corrected chi connectivity index (χ4v) is 4.60. The molecular formula is C26H34N6O3. The standard InChI is InChI=1S/C26H34N6O3/c1-16-13-31(14-17(2)32(16)18(3)33)23-9-7-8-22(30-23)21-12-28-24-20(21)10-19(11-27-24)29-25(34)35-15-26(4,5)6/h7-12,16-17H,13-15H2,1-6H3,(H,27,28)(H,29,34)/t16-,17+. The van der Waals surface area contributed by atoms with Crippen molar-refractivity contribution < 1.29 is 14.3 Å². The average molecular weight is 479 g/mol. The van der Waals surface area contributed by atoms with Gasteiger partial charge in [-0.05, 0) is 37.5 Å². The van der Waals surface area contributed by atoms with Gasteiger partial charge in [0, 0.05) is 49.2 Å². The molecule has 0 saturated carbocycles. The van der Waals surface area contributed by atoms with Gasteiger partial charge in [0.15, 0.2) is 0 Å². The van der Waals surface area contributed by atoms with Crippen LogP contribution in [0.1, 0.15) is 41.5 Å². The maximum atomic E-state index is 12.2. The fourth-order valence-electron chi connectivity index (χ4n) is 4.60. The second kappa shape index (κ2) is 9.56. The number of hydrogen-bond acceptors (Lipinski definition) is 6. The summed E-state index contributed by atoms with van der Waals surface area (Å²) in [6.45, 7) is 13.5. The van der Waals surface area contributed by atoms with Crippen molar-refractivity contribution in [2.24, 2.45) is 5.41 Å². The molecule has 35 heavy (non-hydrogen) atoms. The van der Waals surface area contributed by atoms with Gasteiger partial charge in [0.1, 0.15) is 11.5 Å². The van der Waals surface area contributed by atoms with Crippen molar-refractivity contribution in [2.75, 3.05) is 29.9 Å². The largest absolute Gasteiger partial charge is 0.449 e. The molecule has 1 aliphatic rings. The van der Waals surface area contributed by atoms with Crippen molar-refractivity contribution >= 4 is 34.5 Å². The number of anilines is 2. The monoisotopic (exact) mass is 478 g/mol. The van der Waals surface area contributed by atoms with Crippen LogP contribution < -0.4 is 10.2 Å². The van der Waals surface area contributed by atoms with Crippen LogP contribution in [0.3, 0.4) is 0 Å². The van der Waals surface area contributed by atoms with E-state index in [4.69, 9.17) is 9.72 Å². The Morgan fingerprint density at radius 2 is 1.91 bits per heavy atom. The number of nitrogens with one attached hydrogen (secondary N) is 2. The zero-order valence-electron chi connectivity index (χ0n) is 21.3. The van der Waals surface area contributed by atoms with Crippen LogP contribution in [0.4, 0.5) is 16.3 Å². The van der Waals surface area contributed by atoms with Gasteiger partial charge in [-0.1, -0.05) is 26.8 Å². The van der Waals surface area contributed by atoms with Gasteiger partial charge in [0.05, 0.1) is 24.2 Å². The number of nitrogens with zero attached hydrogens (tertiary/aromatic N) is 4. The molecule has 3 aromatic rings. The lowest BCUT2D eigenvalue weighted by atomic mass is 9.99. The molecule has 1 aliphatic heterocycles. The van der Waals surface area contributed by atoms with Gasteiger partial charge >= 0.3 is 6.09 Å². The summed E-state index contributed by atoms with van der Waals surface area (Å²) in [6.07, 6.45) is 2.97. The van der Waals surface area contributed by atoms with Gasteiger partial charge in [0.25, 0.3) is 0 Å². The Hall–Kier alpha value is -3.62. The van der Waals surface area contributed by atoms with E-state index in [-0.39, 0.29) is 23.4 Å². The molecule has 0 aliphatic carbocycles. The van der Waals surface area contributed by atoms with Gasteiger partial charge in [-0.3, -0.25) is 10.1 Å². The van der Waals surface area contributed by atoms with Crippen molar-refractivity contribution in [1.82, 2.24) is 19.9 Å². The highest BCUT2D eigenvalue weighted by molar-refractivity contribution is 5.96. The smallest absolute Gasteiger partial charge is 0.411 e. The van der Waals surface area contributed by atoms with Crippen LogP contribution in [-0.4, -0.2) is 63.6 Å². The average Bonchev–Trinajstić information content (AvgIpc) is 3.20. The van der Waals surface area contributed by atoms with Crippen molar-refractivity contribution in [2.45, 2.75) is 53.6 Å². The summed E-state index contributed by atoms with van der Waals surface area (Å²) in [6, 6.07) is 8.02. The molecule has 2 N–H and O–H groups in total. The molecule has 0 radical (unpaired) electrons. The molecule has 4 rings (SSSR count). The third-order valence-corrected chi connectivity index (χ3v) is 6.03. The van der Waals surface area contributed by atoms with E-state index in [9.17, 15) is 9.59 Å². The molecule has 3 aromatic heterocycles. The van der Waals surface area contributed by atoms with E-state index in [0.717, 1.165) is 35.6 Å². The Morgan fingerprint density at radius 3 is 2.57 bits per heavy atom. The number of fused-ring (bicyclic) bond motifs is 1. The Kier molecular flexibility index (Phi) is 6.69. The van der Waals surface area contributed by atoms with Crippen molar-refractivity contribution in [3.05, 3.63) is 36.7 Å². The van der Waals surface area contributed by atoms with E-state index in [1.54, 1.807) is 13.1 Å². The number of carbonyl (C=O) groups is 2. The minimum Gasteiger partial charge on any atom is -0.449 e. The number of ether oxygens (including phenoxy) is 1. The minimum absolute atomic E-state index is 0.101. The van der Waals surface area contributed by atoms with E-state index in [2.05, 4.69) is 34.0 Å². The number of H-pyrrole nitrogens is 1. The lowest BCUT2D eigenvalue weighted by Gasteiger charge is -2.44. The first kappa shape index (κ1) is 24.5. The maximum absolute atomic E-state index is 12.2. The van der Waals surface area contributed by atoms with Crippen LogP contribution in [0.15, 0.2) is 36.7 Å². The molecule has 4 heterocycles. The molecular weight excluding hydrogens is 444 g/mol. The zero-order chi connectivity index (χ0) is 25.3. The lowest BCUT2D eigenvalue weighted by molar-refractivity contribution is -0.133. The summed E-state index contributed by atoms with van der Waals surface area (Å²) in [5.74, 6) is 0.969. The number of piperazine rings is 1. The van der Waals surface area contributed by atoms with Crippen molar-refractivity contribution in [3.8, 4) is 11.3 Å². The molecule has 1 fully saturated rings. The van der Waals surface area contributed by atoms with Crippen molar-refractivity contribution in [1.29, 1.82) is 0 Å². The van der Waals surface area contributed by atoms with Crippen LogP contribution in [-0.2, 0) is 9.53 Å². The van der Waals surface area contributed by atoms with E-state index in [0.29, 0.717) is 17.9 Å². The number of aromatic amines is 1. The van der Waals surface area contributed by atoms with E-state index >= 15 is 0 Å². The van der Waals surface area contributed by atoms with Crippen molar-refractivity contribution in [3.63, 3.8) is 0 Å². The molecule has 1 saturated heterocycles. The summed E-state index contributed by atoms with van der Waals surface area (Å²) in [5.41, 5.74) is 2.84. The molecule has 186 valence electrons. The number of amides is 2. The first-order chi connectivity index (χ1) is 16.5. The predicted molar refractivity (Wildman–Crippen MR) is 137 cm³/mol. The SMILES string of the molecule is CC(=O)N1[C@H](C)CN(c2cccc(-c3c[nH]c4ncc(NC(=O)OCC(C)(C)C)cc34)n2)C[C@@H]1C. The van der Waals surface area contributed by atoms with E-state index < -0.39 is 6.09 Å². The van der Waals surface area contributed by atoms with E-state index in [1.165, 1.54) is 0 Å². The summed E-state index contributed by atoms with van der Waals surface area (Å²) in [7, 11) is 0. The predicted octanol–water partition coefficient (Wildman–Crippen LogP) is 4.67. The van der Waals surface area contributed by atoms with Gasteiger partial charge in [-0.15, -0.1) is 0 Å². The molecule has 0 unspecified atom stereocenters. The zero-order valence-corrected chi connectivity index (χ0v) is 21.3. The third-order valence-electron chi connectivity index (χ3n) is 6.03. The van der Waals surface area contributed by atoms with Crippen LogP contribution in [0.2, 0.25) is 0 Å². The minimum atomic E-state index is -0.508. The van der Waals surface area contributed by atoms with Crippen LogP contribution in [0.25, 0.3) is 22.3 Å². The van der Waals surface area contributed by atoms with Gasteiger partial charge in [-0.25, -0.2) is 14.8 Å². The maximum Gasteiger partial charge on any atom is 0.411 e. The Balaban J connectivity index is 1.56. The molecule has 9 nitrogen and oxygen atoms in total. The second-order valence-corrected chi connectivity index (χ2v) is 10.5. The number of rotatable bonds is 4. The Morgan fingerprint density at radius 1 is 1.20 bits per heavy atom. The number of hydrogen-bond donors (Lipinski definition) is 2. The molecule has 0 aromatic carbocycles.